The van der Waals surface area contributed by atoms with Crippen LogP contribution in [0.15, 0.2) is 0 Å². The summed E-state index contributed by atoms with van der Waals surface area (Å²) in [6.45, 7) is 3.15. The van der Waals surface area contributed by atoms with Crippen molar-refractivity contribution < 1.29 is 19.5 Å². The van der Waals surface area contributed by atoms with E-state index in [1.807, 2.05) is 11.8 Å². The molecule has 3 fully saturated rings. The Hall–Kier alpha value is -1.59. The zero-order valence-electron chi connectivity index (χ0n) is 11.6. The van der Waals surface area contributed by atoms with Crippen molar-refractivity contribution in [3.8, 4) is 0 Å². The van der Waals surface area contributed by atoms with E-state index in [9.17, 15) is 14.4 Å². The van der Waals surface area contributed by atoms with Gasteiger partial charge in [-0.05, 0) is 18.8 Å². The Morgan fingerprint density at radius 3 is 2.45 bits per heavy atom. The highest BCUT2D eigenvalue weighted by Crippen LogP contribution is 2.34. The van der Waals surface area contributed by atoms with Gasteiger partial charge in [0.1, 0.15) is 0 Å². The number of hydrogen-bond acceptors (Lipinski definition) is 3. The first-order valence-corrected chi connectivity index (χ1v) is 7.28. The Kier molecular flexibility index (Phi) is 3.18. The summed E-state index contributed by atoms with van der Waals surface area (Å²) in [5.74, 6) is -1.58. The van der Waals surface area contributed by atoms with Crippen molar-refractivity contribution in [2.75, 3.05) is 19.6 Å². The van der Waals surface area contributed by atoms with Crippen molar-refractivity contribution in [3.63, 3.8) is 0 Å². The summed E-state index contributed by atoms with van der Waals surface area (Å²) in [4.78, 5) is 38.9. The maximum absolute atomic E-state index is 12.4. The standard InChI is InChI=1S/C14H20N2O4/c1-8-5-15(7-11(8)14(19)20)13(18)9-4-12(17)16(6-9)10-2-3-10/h8-11H,2-7H2,1H3,(H,19,20). The number of carbonyl (C=O) groups is 3. The average Bonchev–Trinajstić information content (AvgIpc) is 3.04. The van der Waals surface area contributed by atoms with Crippen LogP contribution in [0, 0.1) is 17.8 Å². The highest BCUT2D eigenvalue weighted by atomic mass is 16.4. The summed E-state index contributed by atoms with van der Waals surface area (Å²) in [6.07, 6.45) is 2.39. The van der Waals surface area contributed by atoms with Gasteiger partial charge in [-0.1, -0.05) is 6.92 Å². The lowest BCUT2D eigenvalue weighted by Gasteiger charge is -2.20. The molecule has 2 amide bonds. The van der Waals surface area contributed by atoms with Crippen molar-refractivity contribution in [2.24, 2.45) is 17.8 Å². The number of amides is 2. The molecule has 1 saturated carbocycles. The molecule has 6 nitrogen and oxygen atoms in total. The number of likely N-dealkylation sites (tertiary alicyclic amines) is 2. The molecule has 1 aliphatic carbocycles. The fourth-order valence-electron chi connectivity index (χ4n) is 3.36. The lowest BCUT2D eigenvalue weighted by atomic mass is 9.99. The summed E-state index contributed by atoms with van der Waals surface area (Å²) < 4.78 is 0. The SMILES string of the molecule is CC1CN(C(=O)C2CC(=O)N(C3CC3)C2)CC1C(=O)O. The zero-order chi connectivity index (χ0) is 14.4. The molecule has 2 aliphatic heterocycles. The van der Waals surface area contributed by atoms with Crippen molar-refractivity contribution in [2.45, 2.75) is 32.2 Å². The second kappa shape index (κ2) is 4.75. The maximum atomic E-state index is 12.4. The first-order chi connectivity index (χ1) is 9.47. The average molecular weight is 280 g/mol. The summed E-state index contributed by atoms with van der Waals surface area (Å²) in [5, 5.41) is 9.11. The van der Waals surface area contributed by atoms with Gasteiger partial charge >= 0.3 is 5.97 Å². The van der Waals surface area contributed by atoms with E-state index in [0.29, 0.717) is 19.1 Å². The summed E-state index contributed by atoms with van der Waals surface area (Å²) in [6, 6.07) is 0.351. The van der Waals surface area contributed by atoms with Crippen molar-refractivity contribution in [1.82, 2.24) is 9.80 Å². The van der Waals surface area contributed by atoms with E-state index in [4.69, 9.17) is 5.11 Å². The Labute approximate surface area is 117 Å². The van der Waals surface area contributed by atoms with Gasteiger partial charge in [-0.15, -0.1) is 0 Å². The van der Waals surface area contributed by atoms with Crippen LogP contribution in [0.4, 0.5) is 0 Å². The number of rotatable bonds is 3. The second-order valence-corrected chi connectivity index (χ2v) is 6.34. The monoisotopic (exact) mass is 280 g/mol. The molecule has 3 unspecified atom stereocenters. The number of carboxylic acid groups (broad SMARTS) is 1. The maximum Gasteiger partial charge on any atom is 0.308 e. The van der Waals surface area contributed by atoms with Crippen molar-refractivity contribution in [3.05, 3.63) is 0 Å². The van der Waals surface area contributed by atoms with E-state index in [-0.39, 0.29) is 36.6 Å². The molecule has 6 heteroatoms. The molecule has 3 rings (SSSR count). The van der Waals surface area contributed by atoms with Crippen molar-refractivity contribution >= 4 is 17.8 Å². The number of hydrogen-bond donors (Lipinski definition) is 1. The van der Waals surface area contributed by atoms with Gasteiger partial charge in [0.25, 0.3) is 0 Å². The van der Waals surface area contributed by atoms with Crippen LogP contribution in [0.25, 0.3) is 0 Å². The second-order valence-electron chi connectivity index (χ2n) is 6.34. The smallest absolute Gasteiger partial charge is 0.308 e. The zero-order valence-corrected chi connectivity index (χ0v) is 11.6. The minimum Gasteiger partial charge on any atom is -0.481 e. The van der Waals surface area contributed by atoms with E-state index in [1.54, 1.807) is 4.90 Å². The Balaban J connectivity index is 1.62. The van der Waals surface area contributed by atoms with Gasteiger partial charge in [-0.25, -0.2) is 0 Å². The summed E-state index contributed by atoms with van der Waals surface area (Å²) >= 11 is 0. The molecule has 3 aliphatic rings. The molecule has 3 atom stereocenters. The lowest BCUT2D eigenvalue weighted by molar-refractivity contribution is -0.142. The van der Waals surface area contributed by atoms with Gasteiger partial charge in [0.05, 0.1) is 11.8 Å². The van der Waals surface area contributed by atoms with Gasteiger partial charge in [0, 0.05) is 32.1 Å². The molecule has 1 N–H and O–H groups in total. The molecule has 0 aromatic rings. The first-order valence-electron chi connectivity index (χ1n) is 7.28. The van der Waals surface area contributed by atoms with Gasteiger partial charge in [-0.2, -0.15) is 0 Å². The van der Waals surface area contributed by atoms with E-state index >= 15 is 0 Å². The largest absolute Gasteiger partial charge is 0.481 e. The third-order valence-electron chi connectivity index (χ3n) is 4.74. The Bertz CT molecular complexity index is 460. The highest BCUT2D eigenvalue weighted by molar-refractivity contribution is 5.90. The molecule has 0 radical (unpaired) electrons. The molecule has 20 heavy (non-hydrogen) atoms. The van der Waals surface area contributed by atoms with Crippen LogP contribution in [0.1, 0.15) is 26.2 Å². The van der Waals surface area contributed by atoms with Crippen LogP contribution in [-0.4, -0.2) is 58.4 Å². The third-order valence-corrected chi connectivity index (χ3v) is 4.74. The van der Waals surface area contributed by atoms with Crippen LogP contribution in [-0.2, 0) is 14.4 Å². The van der Waals surface area contributed by atoms with Crippen LogP contribution in [0.5, 0.6) is 0 Å². The molecule has 2 saturated heterocycles. The van der Waals surface area contributed by atoms with E-state index in [2.05, 4.69) is 0 Å². The number of nitrogens with zero attached hydrogens (tertiary/aromatic N) is 2. The number of carboxylic acids is 1. The lowest BCUT2D eigenvalue weighted by Crippen LogP contribution is -2.36. The minimum absolute atomic E-state index is 0.0203. The van der Waals surface area contributed by atoms with Crippen molar-refractivity contribution in [1.29, 1.82) is 0 Å². The summed E-state index contributed by atoms with van der Waals surface area (Å²) in [5.41, 5.74) is 0. The van der Waals surface area contributed by atoms with Gasteiger partial charge in [-0.3, -0.25) is 14.4 Å². The molecule has 0 spiro atoms. The molecule has 0 aromatic heterocycles. The quantitative estimate of drug-likeness (QED) is 0.799. The van der Waals surface area contributed by atoms with Gasteiger partial charge < -0.3 is 14.9 Å². The minimum atomic E-state index is -0.838. The van der Waals surface area contributed by atoms with Crippen LogP contribution in [0.3, 0.4) is 0 Å². The first kappa shape index (κ1) is 13.4. The molecular formula is C14H20N2O4. The number of carbonyl (C=O) groups excluding carboxylic acids is 2. The summed E-state index contributed by atoms with van der Waals surface area (Å²) in [7, 11) is 0. The van der Waals surface area contributed by atoms with Crippen LogP contribution >= 0.6 is 0 Å². The van der Waals surface area contributed by atoms with E-state index in [1.165, 1.54) is 0 Å². The van der Waals surface area contributed by atoms with E-state index in [0.717, 1.165) is 12.8 Å². The third kappa shape index (κ3) is 2.27. The molecule has 110 valence electrons. The Morgan fingerprint density at radius 1 is 1.20 bits per heavy atom. The predicted octanol–water partition coefficient (Wildman–Crippen LogP) is 0.176. The fourth-order valence-corrected chi connectivity index (χ4v) is 3.36. The van der Waals surface area contributed by atoms with Gasteiger partial charge in [0.15, 0.2) is 0 Å². The Morgan fingerprint density at radius 2 is 1.90 bits per heavy atom. The van der Waals surface area contributed by atoms with Crippen LogP contribution in [0.2, 0.25) is 0 Å². The molecule has 0 aromatic carbocycles. The fraction of sp³-hybridized carbons (Fsp3) is 0.786. The number of aliphatic carboxylic acids is 1. The molecule has 0 bridgehead atoms. The topological polar surface area (TPSA) is 77.9 Å². The molecular weight excluding hydrogens is 260 g/mol. The normalized spacial score (nSPS) is 33.9. The van der Waals surface area contributed by atoms with Gasteiger partial charge in [0.2, 0.25) is 11.8 Å². The predicted molar refractivity (Wildman–Crippen MR) is 69.7 cm³/mol. The van der Waals surface area contributed by atoms with Crippen LogP contribution < -0.4 is 0 Å². The molecule has 2 heterocycles. The van der Waals surface area contributed by atoms with E-state index < -0.39 is 11.9 Å². The highest BCUT2D eigenvalue weighted by Gasteiger charge is 2.45.